The second-order valence-electron chi connectivity index (χ2n) is 6.54. The van der Waals surface area contributed by atoms with Crippen LogP contribution in [0.4, 0.5) is 14.5 Å². The number of alkyl halides is 1. The number of carbonyl (C=O) groups is 1. The van der Waals surface area contributed by atoms with E-state index in [0.29, 0.717) is 28.8 Å². The minimum atomic E-state index is -1.05. The van der Waals surface area contributed by atoms with Crippen LogP contribution in [0, 0.1) is 11.7 Å². The summed E-state index contributed by atoms with van der Waals surface area (Å²) in [5.74, 6) is -0.386. The van der Waals surface area contributed by atoms with Crippen molar-refractivity contribution in [2.45, 2.75) is 5.54 Å². The van der Waals surface area contributed by atoms with E-state index >= 15 is 0 Å². The topological polar surface area (TPSA) is 112 Å². The molecule has 0 bridgehead atoms. The summed E-state index contributed by atoms with van der Waals surface area (Å²) in [5, 5.41) is 3.04. The van der Waals surface area contributed by atoms with Crippen molar-refractivity contribution < 1.29 is 23.0 Å². The highest BCUT2D eigenvalue weighted by atomic mass is 32.2. The number of hydrogen-bond acceptors (Lipinski definition) is 8. The summed E-state index contributed by atoms with van der Waals surface area (Å²) in [6.45, 7) is -0.367. The van der Waals surface area contributed by atoms with Crippen LogP contribution in [0.5, 0.6) is 5.88 Å². The number of benzene rings is 1. The highest BCUT2D eigenvalue weighted by Crippen LogP contribution is 2.45. The van der Waals surface area contributed by atoms with Crippen LogP contribution >= 0.6 is 11.8 Å². The molecule has 0 saturated carbocycles. The van der Waals surface area contributed by atoms with Crippen LogP contribution in [0.25, 0.3) is 0 Å². The van der Waals surface area contributed by atoms with Gasteiger partial charge in [-0.15, -0.1) is 0 Å². The molecule has 2 atom stereocenters. The maximum Gasteiger partial charge on any atom is 0.275 e. The van der Waals surface area contributed by atoms with Gasteiger partial charge in [-0.05, 0) is 18.2 Å². The van der Waals surface area contributed by atoms with Gasteiger partial charge in [-0.1, -0.05) is 11.8 Å². The summed E-state index contributed by atoms with van der Waals surface area (Å²) in [6.07, 6.45) is 2.30. The smallest absolute Gasteiger partial charge is 0.275 e. The van der Waals surface area contributed by atoms with E-state index in [9.17, 15) is 13.6 Å². The largest absolute Gasteiger partial charge is 0.445 e. The maximum absolute atomic E-state index is 14.7. The van der Waals surface area contributed by atoms with Crippen LogP contribution in [0.3, 0.4) is 0 Å². The Hall–Kier alpha value is -2.79. The molecule has 1 unspecified atom stereocenters. The first-order valence-electron chi connectivity index (χ1n) is 8.70. The number of aromatic nitrogens is 2. The maximum atomic E-state index is 14.7. The third-order valence-corrected chi connectivity index (χ3v) is 5.77. The van der Waals surface area contributed by atoms with Crippen molar-refractivity contribution in [3.8, 4) is 5.88 Å². The van der Waals surface area contributed by atoms with Gasteiger partial charge in [0, 0.05) is 22.9 Å². The fraction of sp³-hybridized carbons (Fsp3) is 0.333. The van der Waals surface area contributed by atoms with Crippen LogP contribution in [-0.4, -0.2) is 46.9 Å². The van der Waals surface area contributed by atoms with Crippen LogP contribution in [0.2, 0.25) is 0 Å². The number of fused-ring (bicyclic) bond motifs is 1. The molecule has 2 aromatic rings. The summed E-state index contributed by atoms with van der Waals surface area (Å²) in [4.78, 5) is 24.6. The van der Waals surface area contributed by atoms with E-state index in [1.165, 1.54) is 30.0 Å². The molecule has 2 aliphatic heterocycles. The van der Waals surface area contributed by atoms with E-state index in [4.69, 9.17) is 10.5 Å². The van der Waals surface area contributed by atoms with E-state index in [-0.39, 0.29) is 24.1 Å². The van der Waals surface area contributed by atoms with Gasteiger partial charge in [-0.25, -0.2) is 23.7 Å². The van der Waals surface area contributed by atoms with Gasteiger partial charge in [-0.2, -0.15) is 0 Å². The zero-order chi connectivity index (χ0) is 20.4. The molecule has 1 fully saturated rings. The predicted molar refractivity (Wildman–Crippen MR) is 103 cm³/mol. The first-order chi connectivity index (χ1) is 14.0. The van der Waals surface area contributed by atoms with Gasteiger partial charge >= 0.3 is 0 Å². The number of nitrogens with one attached hydrogen (secondary N) is 1. The first-order valence-corrected chi connectivity index (χ1v) is 9.68. The molecule has 0 aliphatic carbocycles. The number of halogens is 2. The van der Waals surface area contributed by atoms with Gasteiger partial charge < -0.3 is 20.5 Å². The lowest BCUT2D eigenvalue weighted by atomic mass is 9.81. The zero-order valence-corrected chi connectivity index (χ0v) is 15.9. The van der Waals surface area contributed by atoms with Gasteiger partial charge in [0.05, 0.1) is 25.6 Å². The Morgan fingerprint density at radius 2 is 2.28 bits per heavy atom. The van der Waals surface area contributed by atoms with Crippen molar-refractivity contribution in [1.82, 2.24) is 9.97 Å². The summed E-state index contributed by atoms with van der Waals surface area (Å²) in [7, 11) is 0. The highest BCUT2D eigenvalue weighted by molar-refractivity contribution is 8.13. The standard InChI is InChI=1S/C18H17F2N5O3S/c19-9-28-15-5-22-14(4-23-15)16(26)24-11-1-2-13(20)12(3-11)18-8-27-6-10(18)7-29-17(21)25-18/h1-5,10H,6-9H2,(H2,21,25)(H,24,26)/t10?,18-/m0/s1. The number of hydrogen-bond donors (Lipinski definition) is 2. The fourth-order valence-corrected chi connectivity index (χ4v) is 4.36. The number of aliphatic imine (C=N–C) groups is 1. The quantitative estimate of drug-likeness (QED) is 0.760. The van der Waals surface area contributed by atoms with Crippen molar-refractivity contribution >= 4 is 28.5 Å². The second kappa shape index (κ2) is 7.91. The average Bonchev–Trinajstić information content (AvgIpc) is 3.14. The number of amidine groups is 1. The molecule has 1 aromatic heterocycles. The first kappa shape index (κ1) is 19.5. The number of carbonyl (C=O) groups excluding carboxylic acids is 1. The second-order valence-corrected chi connectivity index (χ2v) is 7.58. The van der Waals surface area contributed by atoms with Crippen LogP contribution < -0.4 is 15.8 Å². The van der Waals surface area contributed by atoms with E-state index in [1.807, 2.05) is 0 Å². The van der Waals surface area contributed by atoms with E-state index in [2.05, 4.69) is 25.0 Å². The number of thioether (sulfide) groups is 1. The lowest BCUT2D eigenvalue weighted by Gasteiger charge is -2.34. The van der Waals surface area contributed by atoms with E-state index in [1.54, 1.807) is 0 Å². The summed E-state index contributed by atoms with van der Waals surface area (Å²) in [5.41, 5.74) is 5.68. The number of amides is 1. The lowest BCUT2D eigenvalue weighted by Crippen LogP contribution is -2.40. The molecular formula is C18H17F2N5O3S. The number of rotatable bonds is 5. The number of ether oxygens (including phenoxy) is 2. The Kier molecular flexibility index (Phi) is 5.33. The molecule has 4 rings (SSSR count). The van der Waals surface area contributed by atoms with Crippen LogP contribution in [-0.2, 0) is 10.3 Å². The van der Waals surface area contributed by atoms with Gasteiger partial charge in [0.25, 0.3) is 5.91 Å². The third-order valence-electron chi connectivity index (χ3n) is 4.81. The molecule has 1 aromatic carbocycles. The summed E-state index contributed by atoms with van der Waals surface area (Å²) >= 11 is 1.42. The lowest BCUT2D eigenvalue weighted by molar-refractivity contribution is 0.102. The molecule has 3 heterocycles. The van der Waals surface area contributed by atoms with Gasteiger partial charge in [0.1, 0.15) is 17.1 Å². The molecule has 1 saturated heterocycles. The normalized spacial score (nSPS) is 23.2. The third kappa shape index (κ3) is 3.75. The van der Waals surface area contributed by atoms with Crippen molar-refractivity contribution in [2.24, 2.45) is 16.6 Å². The Morgan fingerprint density at radius 3 is 3.03 bits per heavy atom. The van der Waals surface area contributed by atoms with Crippen molar-refractivity contribution in [3.63, 3.8) is 0 Å². The van der Waals surface area contributed by atoms with Gasteiger partial charge in [-0.3, -0.25) is 4.79 Å². The van der Waals surface area contributed by atoms with Crippen LogP contribution in [0.1, 0.15) is 16.1 Å². The highest BCUT2D eigenvalue weighted by Gasteiger charge is 2.49. The predicted octanol–water partition coefficient (Wildman–Crippen LogP) is 2.08. The number of nitrogens with two attached hydrogens (primary N) is 1. The van der Waals surface area contributed by atoms with Crippen molar-refractivity contribution in [2.75, 3.05) is 31.1 Å². The monoisotopic (exact) mass is 421 g/mol. The molecular weight excluding hydrogens is 404 g/mol. The fourth-order valence-electron chi connectivity index (χ4n) is 3.39. The Bertz CT molecular complexity index is 959. The molecule has 152 valence electrons. The molecule has 2 aliphatic rings. The molecule has 3 N–H and O–H groups in total. The Morgan fingerprint density at radius 1 is 1.41 bits per heavy atom. The minimum absolute atomic E-state index is 0.00125. The summed E-state index contributed by atoms with van der Waals surface area (Å²) in [6, 6.07) is 4.25. The number of anilines is 1. The Labute approximate surface area is 168 Å². The zero-order valence-electron chi connectivity index (χ0n) is 15.1. The molecule has 11 heteroatoms. The van der Waals surface area contributed by atoms with Crippen LogP contribution in [0.15, 0.2) is 35.6 Å². The molecule has 0 spiro atoms. The van der Waals surface area contributed by atoms with Crippen molar-refractivity contribution in [1.29, 1.82) is 0 Å². The van der Waals surface area contributed by atoms with Gasteiger partial charge in [0.15, 0.2) is 5.17 Å². The molecule has 1 amide bonds. The van der Waals surface area contributed by atoms with E-state index < -0.39 is 24.1 Å². The van der Waals surface area contributed by atoms with Gasteiger partial charge in [0.2, 0.25) is 12.7 Å². The number of nitrogens with zero attached hydrogens (tertiary/aromatic N) is 3. The minimum Gasteiger partial charge on any atom is -0.445 e. The molecule has 29 heavy (non-hydrogen) atoms. The average molecular weight is 421 g/mol. The summed E-state index contributed by atoms with van der Waals surface area (Å²) < 4.78 is 37.0. The Balaban J connectivity index is 1.60. The molecule has 0 radical (unpaired) electrons. The molecule has 8 nitrogen and oxygen atoms in total. The van der Waals surface area contributed by atoms with E-state index in [0.717, 1.165) is 12.4 Å². The SMILES string of the molecule is NC1=N[C@@]2(c3cc(NC(=O)c4cnc(OCF)cn4)ccc3F)COCC2CS1. The van der Waals surface area contributed by atoms with Crippen molar-refractivity contribution in [3.05, 3.63) is 47.7 Å².